The van der Waals surface area contributed by atoms with Gasteiger partial charge in [-0.25, -0.2) is 13.8 Å². The number of imidazole rings is 1. The van der Waals surface area contributed by atoms with Gasteiger partial charge < -0.3 is 4.98 Å². The van der Waals surface area contributed by atoms with Crippen molar-refractivity contribution < 1.29 is 8.78 Å². The molecule has 2 aromatic heterocycles. The molecule has 6 heteroatoms. The summed E-state index contributed by atoms with van der Waals surface area (Å²) < 4.78 is 27.4. The molecule has 0 unspecified atom stereocenters. The van der Waals surface area contributed by atoms with Crippen molar-refractivity contribution in [1.82, 2.24) is 15.0 Å². The lowest BCUT2D eigenvalue weighted by Crippen LogP contribution is -1.85. The van der Waals surface area contributed by atoms with E-state index in [4.69, 9.17) is 0 Å². The van der Waals surface area contributed by atoms with Crippen LogP contribution in [0.2, 0.25) is 0 Å². The van der Waals surface area contributed by atoms with Gasteiger partial charge in [0.25, 0.3) is 0 Å². The third kappa shape index (κ3) is 1.78. The van der Waals surface area contributed by atoms with Gasteiger partial charge in [0.15, 0.2) is 17.5 Å². The first kappa shape index (κ1) is 11.3. The fraction of sp³-hybridized carbons (Fsp3) is 0. The van der Waals surface area contributed by atoms with E-state index in [1.807, 2.05) is 0 Å². The predicted octanol–water partition coefficient (Wildman–Crippen LogP) is 3.67. The lowest BCUT2D eigenvalue weighted by molar-refractivity contribution is 0.515. The number of nitrogens with zero attached hydrogens (tertiary/aromatic N) is 2. The average Bonchev–Trinajstić information content (AvgIpc) is 2.80. The van der Waals surface area contributed by atoms with Crippen LogP contribution in [0.1, 0.15) is 0 Å². The van der Waals surface area contributed by atoms with E-state index in [2.05, 4.69) is 30.9 Å². The van der Waals surface area contributed by atoms with E-state index in [1.54, 1.807) is 18.3 Å². The van der Waals surface area contributed by atoms with Crippen LogP contribution in [0, 0.1) is 11.6 Å². The molecule has 3 nitrogen and oxygen atoms in total. The summed E-state index contributed by atoms with van der Waals surface area (Å²) in [6, 6.07) is 6.04. The first-order chi connectivity index (χ1) is 8.65. The zero-order valence-electron chi connectivity index (χ0n) is 8.92. The Morgan fingerprint density at radius 2 is 1.94 bits per heavy atom. The lowest BCUT2D eigenvalue weighted by atomic mass is 10.3. The van der Waals surface area contributed by atoms with E-state index in [0.717, 1.165) is 10.5 Å². The quantitative estimate of drug-likeness (QED) is 0.745. The Hall–Kier alpha value is -1.82. The molecule has 3 aromatic rings. The smallest absolute Gasteiger partial charge is 0.186 e. The predicted molar refractivity (Wildman–Crippen MR) is 66.9 cm³/mol. The molecule has 0 aliphatic heterocycles. The molecule has 90 valence electrons. The molecular weight excluding hydrogens is 304 g/mol. The van der Waals surface area contributed by atoms with Gasteiger partial charge in [0, 0.05) is 10.7 Å². The van der Waals surface area contributed by atoms with Crippen molar-refractivity contribution in [3.05, 3.63) is 46.6 Å². The zero-order chi connectivity index (χ0) is 12.7. The minimum atomic E-state index is -0.952. The Morgan fingerprint density at radius 1 is 1.11 bits per heavy atom. The van der Waals surface area contributed by atoms with Gasteiger partial charge in [0.1, 0.15) is 11.2 Å². The third-order valence-electron chi connectivity index (χ3n) is 2.52. The van der Waals surface area contributed by atoms with Crippen LogP contribution in [0.3, 0.4) is 0 Å². The third-order valence-corrected chi connectivity index (χ3v) is 2.98. The maximum Gasteiger partial charge on any atom is 0.186 e. The molecule has 0 saturated heterocycles. The van der Waals surface area contributed by atoms with E-state index in [1.165, 1.54) is 6.07 Å². The van der Waals surface area contributed by atoms with Gasteiger partial charge in [-0.1, -0.05) is 0 Å². The molecule has 0 spiro atoms. The highest BCUT2D eigenvalue weighted by molar-refractivity contribution is 9.10. The molecule has 0 radical (unpaired) electrons. The second-order valence-corrected chi connectivity index (χ2v) is 4.62. The maximum absolute atomic E-state index is 13.5. The number of nitrogens with one attached hydrogen (secondary N) is 1. The molecule has 0 amide bonds. The molecular formula is C12H6BrF2N3. The SMILES string of the molecule is Fc1ccc2[nH]c(-c3ccc(Br)cn3)nc2c1F. The van der Waals surface area contributed by atoms with Gasteiger partial charge in [0.2, 0.25) is 0 Å². The Morgan fingerprint density at radius 3 is 2.67 bits per heavy atom. The number of H-pyrrole nitrogens is 1. The Bertz CT molecular complexity index is 722. The van der Waals surface area contributed by atoms with E-state index in [-0.39, 0.29) is 5.52 Å². The van der Waals surface area contributed by atoms with Crippen LogP contribution in [0.25, 0.3) is 22.6 Å². The summed E-state index contributed by atoms with van der Waals surface area (Å²) in [4.78, 5) is 11.1. The van der Waals surface area contributed by atoms with Crippen molar-refractivity contribution in [2.24, 2.45) is 0 Å². The number of benzene rings is 1. The van der Waals surface area contributed by atoms with Crippen molar-refractivity contribution in [3.63, 3.8) is 0 Å². The van der Waals surface area contributed by atoms with Gasteiger partial charge >= 0.3 is 0 Å². The topological polar surface area (TPSA) is 41.6 Å². The van der Waals surface area contributed by atoms with Crippen molar-refractivity contribution in [2.75, 3.05) is 0 Å². The maximum atomic E-state index is 13.5. The Balaban J connectivity index is 2.19. The number of hydrogen-bond donors (Lipinski definition) is 1. The standard InChI is InChI=1S/C12H6BrF2N3/c13-6-1-3-9(16-5-6)12-17-8-4-2-7(14)10(15)11(8)18-12/h1-5H,(H,17,18). The molecule has 0 aliphatic carbocycles. The molecule has 2 heterocycles. The number of pyridine rings is 1. The first-order valence-electron chi connectivity index (χ1n) is 5.11. The van der Waals surface area contributed by atoms with Crippen LogP contribution in [0.15, 0.2) is 34.9 Å². The molecule has 18 heavy (non-hydrogen) atoms. The van der Waals surface area contributed by atoms with Crippen LogP contribution >= 0.6 is 15.9 Å². The Kier molecular flexibility index (Phi) is 2.59. The van der Waals surface area contributed by atoms with Gasteiger partial charge in [-0.2, -0.15) is 0 Å². The van der Waals surface area contributed by atoms with Gasteiger partial charge in [-0.15, -0.1) is 0 Å². The minimum absolute atomic E-state index is 0.0188. The molecule has 1 aromatic carbocycles. The average molecular weight is 310 g/mol. The number of rotatable bonds is 1. The number of hydrogen-bond acceptors (Lipinski definition) is 2. The van der Waals surface area contributed by atoms with Crippen LogP contribution < -0.4 is 0 Å². The van der Waals surface area contributed by atoms with Crippen molar-refractivity contribution in [1.29, 1.82) is 0 Å². The lowest BCUT2D eigenvalue weighted by Gasteiger charge is -1.94. The summed E-state index contributed by atoms with van der Waals surface area (Å²) in [7, 11) is 0. The zero-order valence-corrected chi connectivity index (χ0v) is 10.5. The monoisotopic (exact) mass is 309 g/mol. The number of halogens is 3. The highest BCUT2D eigenvalue weighted by atomic mass is 79.9. The summed E-state index contributed by atoms with van der Waals surface area (Å²) in [5, 5.41) is 0. The normalized spacial score (nSPS) is 11.1. The van der Waals surface area contributed by atoms with Crippen LogP contribution in [-0.2, 0) is 0 Å². The molecule has 1 N–H and O–H groups in total. The van der Waals surface area contributed by atoms with Gasteiger partial charge in [0.05, 0.1) is 5.52 Å². The summed E-state index contributed by atoms with van der Waals surface area (Å²) in [5.74, 6) is -1.46. The Labute approximate surface area is 109 Å². The fourth-order valence-corrected chi connectivity index (χ4v) is 1.89. The number of aromatic nitrogens is 3. The molecule has 0 atom stereocenters. The van der Waals surface area contributed by atoms with Crippen LogP contribution in [0.5, 0.6) is 0 Å². The van der Waals surface area contributed by atoms with Crippen molar-refractivity contribution in [3.8, 4) is 11.5 Å². The van der Waals surface area contributed by atoms with E-state index in [0.29, 0.717) is 17.0 Å². The van der Waals surface area contributed by atoms with Crippen molar-refractivity contribution in [2.45, 2.75) is 0 Å². The number of aromatic amines is 1. The van der Waals surface area contributed by atoms with Crippen molar-refractivity contribution >= 4 is 27.0 Å². The van der Waals surface area contributed by atoms with E-state index < -0.39 is 11.6 Å². The largest absolute Gasteiger partial charge is 0.337 e. The molecule has 0 fully saturated rings. The fourth-order valence-electron chi connectivity index (χ4n) is 1.65. The minimum Gasteiger partial charge on any atom is -0.337 e. The van der Waals surface area contributed by atoms with E-state index >= 15 is 0 Å². The van der Waals surface area contributed by atoms with Gasteiger partial charge in [-0.3, -0.25) is 4.98 Å². The van der Waals surface area contributed by atoms with Crippen LogP contribution in [-0.4, -0.2) is 15.0 Å². The molecule has 0 aliphatic rings. The first-order valence-corrected chi connectivity index (χ1v) is 5.90. The number of fused-ring (bicyclic) bond motifs is 1. The summed E-state index contributed by atoms with van der Waals surface area (Å²) in [5.41, 5.74) is 0.984. The summed E-state index contributed by atoms with van der Waals surface area (Å²) in [6.45, 7) is 0. The van der Waals surface area contributed by atoms with Crippen LogP contribution in [0.4, 0.5) is 8.78 Å². The highest BCUT2D eigenvalue weighted by Gasteiger charge is 2.13. The summed E-state index contributed by atoms with van der Waals surface area (Å²) >= 11 is 3.27. The van der Waals surface area contributed by atoms with E-state index in [9.17, 15) is 8.78 Å². The summed E-state index contributed by atoms with van der Waals surface area (Å²) in [6.07, 6.45) is 1.61. The van der Waals surface area contributed by atoms with Gasteiger partial charge in [-0.05, 0) is 40.2 Å². The second-order valence-electron chi connectivity index (χ2n) is 3.70. The molecule has 0 saturated carbocycles. The highest BCUT2D eigenvalue weighted by Crippen LogP contribution is 2.23. The second kappa shape index (κ2) is 4.13. The molecule has 0 bridgehead atoms. The molecule has 3 rings (SSSR count).